The Labute approximate surface area is 124 Å². The summed E-state index contributed by atoms with van der Waals surface area (Å²) in [6.45, 7) is 6.19. The van der Waals surface area contributed by atoms with E-state index in [1.807, 2.05) is 6.07 Å². The monoisotopic (exact) mass is 297 g/mol. The quantitative estimate of drug-likeness (QED) is 0.489. The van der Waals surface area contributed by atoms with Crippen molar-refractivity contribution in [1.29, 1.82) is 0 Å². The van der Waals surface area contributed by atoms with Gasteiger partial charge in [-0.05, 0) is 32.5 Å². The molecule has 1 heterocycles. The minimum Gasteiger partial charge on any atom is -0.368 e. The van der Waals surface area contributed by atoms with Gasteiger partial charge in [0.1, 0.15) is 0 Å². The molecule has 20 heavy (non-hydrogen) atoms. The second kappa shape index (κ2) is 5.97. The maximum Gasteiger partial charge on any atom is 0.269 e. The van der Waals surface area contributed by atoms with Gasteiger partial charge in [0.05, 0.1) is 4.92 Å². The van der Waals surface area contributed by atoms with Crippen molar-refractivity contribution >= 4 is 23.0 Å². The molecule has 2 unspecified atom stereocenters. The molecule has 0 aromatic heterocycles. The zero-order valence-electron chi connectivity index (χ0n) is 12.0. The molecule has 2 rings (SSSR count). The fourth-order valence-corrected chi connectivity index (χ4v) is 2.92. The van der Waals surface area contributed by atoms with E-state index in [-0.39, 0.29) is 16.5 Å². The Kier molecular flexibility index (Phi) is 4.50. The molecule has 1 aliphatic heterocycles. The molecule has 5 nitrogen and oxygen atoms in total. The van der Waals surface area contributed by atoms with Crippen molar-refractivity contribution in [1.82, 2.24) is 4.90 Å². The minimum absolute atomic E-state index is 0.0969. The van der Waals surface area contributed by atoms with Gasteiger partial charge in [-0.15, -0.1) is 11.6 Å². The standard InChI is InChI=1S/C14H20ClN3O2/c1-10-8-17(9-11(2)16(10)3)14-5-4-13(18(19)20)6-12(14)7-15/h4-6,10-11H,7-9H2,1-3H3. The topological polar surface area (TPSA) is 49.6 Å². The number of non-ortho nitro benzene ring substituents is 1. The van der Waals surface area contributed by atoms with Gasteiger partial charge in [0.25, 0.3) is 5.69 Å². The molecule has 0 radical (unpaired) electrons. The molecular weight excluding hydrogens is 278 g/mol. The van der Waals surface area contributed by atoms with Crippen LogP contribution in [0, 0.1) is 10.1 Å². The van der Waals surface area contributed by atoms with Crippen molar-refractivity contribution in [2.24, 2.45) is 0 Å². The highest BCUT2D eigenvalue weighted by atomic mass is 35.5. The third kappa shape index (κ3) is 2.88. The van der Waals surface area contributed by atoms with Crippen LogP contribution in [-0.2, 0) is 5.88 Å². The maximum absolute atomic E-state index is 10.8. The zero-order chi connectivity index (χ0) is 14.9. The van der Waals surface area contributed by atoms with E-state index in [9.17, 15) is 10.1 Å². The summed E-state index contributed by atoms with van der Waals surface area (Å²) < 4.78 is 0. The van der Waals surface area contributed by atoms with Crippen LogP contribution in [0.5, 0.6) is 0 Å². The van der Waals surface area contributed by atoms with Crippen molar-refractivity contribution in [3.05, 3.63) is 33.9 Å². The van der Waals surface area contributed by atoms with Crippen LogP contribution in [-0.4, -0.2) is 42.0 Å². The molecule has 110 valence electrons. The van der Waals surface area contributed by atoms with Crippen molar-refractivity contribution in [3.8, 4) is 0 Å². The maximum atomic E-state index is 10.8. The number of nitrogens with zero attached hydrogens (tertiary/aromatic N) is 3. The van der Waals surface area contributed by atoms with Crippen molar-refractivity contribution in [2.45, 2.75) is 31.8 Å². The fourth-order valence-electron chi connectivity index (χ4n) is 2.70. The van der Waals surface area contributed by atoms with E-state index in [1.54, 1.807) is 12.1 Å². The number of nitro groups is 1. The molecule has 1 aromatic carbocycles. The summed E-state index contributed by atoms with van der Waals surface area (Å²) in [6, 6.07) is 5.84. The van der Waals surface area contributed by atoms with Gasteiger partial charge in [0.15, 0.2) is 0 Å². The van der Waals surface area contributed by atoms with Crippen molar-refractivity contribution in [2.75, 3.05) is 25.0 Å². The summed E-state index contributed by atoms with van der Waals surface area (Å²) in [5.41, 5.74) is 1.93. The first-order valence-electron chi connectivity index (χ1n) is 6.74. The van der Waals surface area contributed by atoms with Gasteiger partial charge in [0.2, 0.25) is 0 Å². The number of hydrogen-bond acceptors (Lipinski definition) is 4. The Morgan fingerprint density at radius 1 is 1.35 bits per heavy atom. The van der Waals surface area contributed by atoms with E-state index in [1.165, 1.54) is 0 Å². The third-order valence-electron chi connectivity index (χ3n) is 4.12. The highest BCUT2D eigenvalue weighted by molar-refractivity contribution is 6.17. The van der Waals surface area contributed by atoms with Gasteiger partial charge >= 0.3 is 0 Å². The Balaban J connectivity index is 2.30. The van der Waals surface area contributed by atoms with E-state index in [0.29, 0.717) is 12.1 Å². The zero-order valence-corrected chi connectivity index (χ0v) is 12.8. The molecular formula is C14H20ClN3O2. The molecule has 0 amide bonds. The fraction of sp³-hybridized carbons (Fsp3) is 0.571. The number of nitro benzene ring substituents is 1. The summed E-state index contributed by atoms with van der Waals surface area (Å²) >= 11 is 5.97. The van der Waals surface area contributed by atoms with Crippen molar-refractivity contribution in [3.63, 3.8) is 0 Å². The van der Waals surface area contributed by atoms with Gasteiger partial charge in [-0.25, -0.2) is 0 Å². The summed E-state index contributed by atoms with van der Waals surface area (Å²) in [5.74, 6) is 0.284. The average molecular weight is 298 g/mol. The average Bonchev–Trinajstić information content (AvgIpc) is 2.43. The van der Waals surface area contributed by atoms with Crippen LogP contribution in [0.25, 0.3) is 0 Å². The lowest BCUT2D eigenvalue weighted by atomic mass is 10.1. The molecule has 0 bridgehead atoms. The second-order valence-electron chi connectivity index (χ2n) is 5.47. The summed E-state index contributed by atoms with van der Waals surface area (Å²) in [4.78, 5) is 15.1. The minimum atomic E-state index is -0.380. The van der Waals surface area contributed by atoms with Crippen LogP contribution in [0.15, 0.2) is 18.2 Å². The Hall–Kier alpha value is -1.33. The smallest absolute Gasteiger partial charge is 0.269 e. The lowest BCUT2D eigenvalue weighted by Crippen LogP contribution is -2.55. The number of likely N-dealkylation sites (N-methyl/N-ethyl adjacent to an activating group) is 1. The van der Waals surface area contributed by atoms with Gasteiger partial charge in [-0.3, -0.25) is 15.0 Å². The number of rotatable bonds is 3. The number of halogens is 1. The molecule has 1 aromatic rings. The molecule has 0 N–H and O–H groups in total. The first-order valence-corrected chi connectivity index (χ1v) is 7.27. The number of hydrogen-bond donors (Lipinski definition) is 0. The molecule has 0 saturated carbocycles. The normalized spacial score (nSPS) is 23.9. The number of piperazine rings is 1. The van der Waals surface area contributed by atoms with Crippen LogP contribution in [0.3, 0.4) is 0 Å². The first kappa shape index (κ1) is 15.1. The molecule has 1 fully saturated rings. The molecule has 1 saturated heterocycles. The molecule has 6 heteroatoms. The van der Waals surface area contributed by atoms with E-state index >= 15 is 0 Å². The second-order valence-corrected chi connectivity index (χ2v) is 5.74. The van der Waals surface area contributed by atoms with Gasteiger partial charge in [-0.2, -0.15) is 0 Å². The van der Waals surface area contributed by atoms with Gasteiger partial charge in [0, 0.05) is 48.9 Å². The highest BCUT2D eigenvalue weighted by Crippen LogP contribution is 2.29. The molecule has 0 aliphatic carbocycles. The van der Waals surface area contributed by atoms with Crippen molar-refractivity contribution < 1.29 is 4.92 Å². The first-order chi connectivity index (χ1) is 9.43. The van der Waals surface area contributed by atoms with Crippen LogP contribution in [0.1, 0.15) is 19.4 Å². The Bertz CT molecular complexity index is 497. The van der Waals surface area contributed by atoms with Gasteiger partial charge in [-0.1, -0.05) is 0 Å². The summed E-state index contributed by atoms with van der Waals surface area (Å²) in [7, 11) is 2.13. The van der Waals surface area contributed by atoms with E-state index < -0.39 is 0 Å². The molecule has 1 aliphatic rings. The number of alkyl halides is 1. The lowest BCUT2D eigenvalue weighted by molar-refractivity contribution is -0.384. The highest BCUT2D eigenvalue weighted by Gasteiger charge is 2.28. The van der Waals surface area contributed by atoms with E-state index in [2.05, 4.69) is 30.7 Å². The number of anilines is 1. The van der Waals surface area contributed by atoms with Gasteiger partial charge < -0.3 is 4.90 Å². The SMILES string of the molecule is CC1CN(c2ccc([N+](=O)[O-])cc2CCl)CC(C)N1C. The largest absolute Gasteiger partial charge is 0.368 e. The lowest BCUT2D eigenvalue weighted by Gasteiger charge is -2.44. The molecule has 0 spiro atoms. The van der Waals surface area contributed by atoms with Crippen LogP contribution in [0.2, 0.25) is 0 Å². The van der Waals surface area contributed by atoms with Crippen LogP contribution in [0.4, 0.5) is 11.4 Å². The van der Waals surface area contributed by atoms with Crippen LogP contribution >= 0.6 is 11.6 Å². The Morgan fingerprint density at radius 3 is 2.45 bits per heavy atom. The summed E-state index contributed by atoms with van der Waals surface area (Å²) in [5, 5.41) is 10.8. The van der Waals surface area contributed by atoms with E-state index in [4.69, 9.17) is 11.6 Å². The third-order valence-corrected chi connectivity index (χ3v) is 4.41. The number of benzene rings is 1. The summed E-state index contributed by atoms with van der Waals surface area (Å²) in [6.07, 6.45) is 0. The predicted octanol–water partition coefficient (Wildman–Crippen LogP) is 2.86. The van der Waals surface area contributed by atoms with E-state index in [0.717, 1.165) is 24.3 Å². The Morgan fingerprint density at radius 2 is 1.95 bits per heavy atom. The predicted molar refractivity (Wildman–Crippen MR) is 81.6 cm³/mol. The van der Waals surface area contributed by atoms with Crippen LogP contribution < -0.4 is 4.90 Å². The molecule has 2 atom stereocenters.